The van der Waals surface area contributed by atoms with Crippen LogP contribution in [-0.4, -0.2) is 31.3 Å². The van der Waals surface area contributed by atoms with Gasteiger partial charge in [-0.3, -0.25) is 0 Å². The molecular weight excluding hydrogens is 267 g/mol. The number of nitrogens with one attached hydrogen (secondary N) is 1. The molecule has 1 aromatic heterocycles. The summed E-state index contributed by atoms with van der Waals surface area (Å²) in [6.45, 7) is 2.66. The highest BCUT2D eigenvalue weighted by molar-refractivity contribution is 5.40. The van der Waals surface area contributed by atoms with Crippen molar-refractivity contribution in [2.75, 3.05) is 25.0 Å². The minimum Gasteiger partial charge on any atom is -0.356 e. The van der Waals surface area contributed by atoms with Crippen LogP contribution in [0.25, 0.3) is 0 Å². The predicted octanol–water partition coefficient (Wildman–Crippen LogP) is 3.14. The molecule has 112 valence electrons. The van der Waals surface area contributed by atoms with Crippen molar-refractivity contribution in [3.63, 3.8) is 0 Å². The molecule has 1 aromatic rings. The second kappa shape index (κ2) is 5.99. The minimum atomic E-state index is -4.11. The Balaban J connectivity index is 2.07. The molecule has 1 N–H and O–H groups in total. The van der Waals surface area contributed by atoms with Crippen LogP contribution in [0.4, 0.5) is 19.0 Å². The number of anilines is 1. The van der Waals surface area contributed by atoms with Gasteiger partial charge in [-0.1, -0.05) is 6.07 Å². The normalized spacial score (nSPS) is 21.9. The van der Waals surface area contributed by atoms with Crippen molar-refractivity contribution in [2.24, 2.45) is 5.92 Å². The van der Waals surface area contributed by atoms with E-state index in [1.807, 2.05) is 26.1 Å². The van der Waals surface area contributed by atoms with E-state index < -0.39 is 12.1 Å². The van der Waals surface area contributed by atoms with Gasteiger partial charge in [0.2, 0.25) is 0 Å². The second-order valence-corrected chi connectivity index (χ2v) is 5.29. The van der Waals surface area contributed by atoms with Gasteiger partial charge < -0.3 is 10.2 Å². The largest absolute Gasteiger partial charge is 0.393 e. The summed E-state index contributed by atoms with van der Waals surface area (Å²) in [6, 6.07) is 3.91. The van der Waals surface area contributed by atoms with E-state index in [9.17, 15) is 13.2 Å². The molecule has 2 heterocycles. The lowest BCUT2D eigenvalue weighted by Crippen LogP contribution is -2.42. The number of alkyl halides is 3. The number of hydrogen-bond acceptors (Lipinski definition) is 3. The summed E-state index contributed by atoms with van der Waals surface area (Å²) in [5, 5.41) is 3.10. The molecule has 1 saturated heterocycles. The Morgan fingerprint density at radius 1 is 1.40 bits per heavy atom. The van der Waals surface area contributed by atoms with E-state index in [1.54, 1.807) is 11.1 Å². The zero-order chi connectivity index (χ0) is 14.8. The molecule has 2 rings (SSSR count). The third kappa shape index (κ3) is 3.42. The molecule has 0 spiro atoms. The van der Waals surface area contributed by atoms with Crippen LogP contribution in [0.3, 0.4) is 0 Å². The van der Waals surface area contributed by atoms with Gasteiger partial charge in [-0.15, -0.1) is 0 Å². The first-order valence-corrected chi connectivity index (χ1v) is 6.86. The van der Waals surface area contributed by atoms with Crippen LogP contribution in [0.15, 0.2) is 18.3 Å². The highest BCUT2D eigenvalue weighted by Crippen LogP contribution is 2.34. The van der Waals surface area contributed by atoms with Gasteiger partial charge in [-0.05, 0) is 38.4 Å². The summed E-state index contributed by atoms with van der Waals surface area (Å²) >= 11 is 0. The number of aromatic nitrogens is 1. The van der Waals surface area contributed by atoms with Crippen LogP contribution >= 0.6 is 0 Å². The summed E-state index contributed by atoms with van der Waals surface area (Å²) in [6.07, 6.45) is -1.61. The maximum Gasteiger partial charge on any atom is 0.393 e. The number of piperidine rings is 1. The fraction of sp³-hybridized carbons (Fsp3) is 0.643. The lowest BCUT2D eigenvalue weighted by atomic mass is 9.97. The number of rotatable bonds is 3. The molecule has 1 fully saturated rings. The van der Waals surface area contributed by atoms with E-state index in [0.29, 0.717) is 18.8 Å². The Labute approximate surface area is 117 Å². The van der Waals surface area contributed by atoms with E-state index in [2.05, 4.69) is 10.3 Å². The molecule has 0 radical (unpaired) electrons. The summed E-state index contributed by atoms with van der Waals surface area (Å²) in [5.41, 5.74) is 1.03. The Bertz CT molecular complexity index is 430. The van der Waals surface area contributed by atoms with Crippen molar-refractivity contribution in [1.82, 2.24) is 10.3 Å². The van der Waals surface area contributed by atoms with E-state index in [1.165, 1.54) is 0 Å². The third-order valence-corrected chi connectivity index (χ3v) is 3.91. The average molecular weight is 287 g/mol. The first-order valence-electron chi connectivity index (χ1n) is 6.86. The number of hydrogen-bond donors (Lipinski definition) is 1. The highest BCUT2D eigenvalue weighted by atomic mass is 19.4. The predicted molar refractivity (Wildman–Crippen MR) is 72.7 cm³/mol. The zero-order valence-corrected chi connectivity index (χ0v) is 11.7. The molecule has 1 aliphatic rings. The van der Waals surface area contributed by atoms with Gasteiger partial charge >= 0.3 is 6.18 Å². The summed E-state index contributed by atoms with van der Waals surface area (Å²) in [5.74, 6) is -0.611. The Hall–Kier alpha value is -1.30. The Kier molecular flexibility index (Phi) is 4.52. The second-order valence-electron chi connectivity index (χ2n) is 5.29. The van der Waals surface area contributed by atoms with E-state index in [-0.39, 0.29) is 19.0 Å². The van der Waals surface area contributed by atoms with Crippen LogP contribution < -0.4 is 10.2 Å². The fourth-order valence-electron chi connectivity index (χ4n) is 2.46. The van der Waals surface area contributed by atoms with Gasteiger partial charge in [0.25, 0.3) is 0 Å². The topological polar surface area (TPSA) is 28.2 Å². The fourth-order valence-corrected chi connectivity index (χ4v) is 2.46. The third-order valence-electron chi connectivity index (χ3n) is 3.91. The first kappa shape index (κ1) is 15.1. The van der Waals surface area contributed by atoms with E-state index >= 15 is 0 Å². The molecule has 1 aliphatic heterocycles. The highest BCUT2D eigenvalue weighted by Gasteiger charge is 2.42. The number of halogens is 3. The van der Waals surface area contributed by atoms with E-state index in [0.717, 1.165) is 5.56 Å². The molecule has 0 aromatic carbocycles. The average Bonchev–Trinajstić information content (AvgIpc) is 2.46. The molecular formula is C14H20F3N3. The van der Waals surface area contributed by atoms with Crippen molar-refractivity contribution < 1.29 is 13.2 Å². The van der Waals surface area contributed by atoms with Crippen molar-refractivity contribution >= 4 is 5.82 Å². The molecule has 20 heavy (non-hydrogen) atoms. The van der Waals surface area contributed by atoms with Gasteiger partial charge in [-0.25, -0.2) is 4.98 Å². The van der Waals surface area contributed by atoms with Crippen molar-refractivity contribution in [3.05, 3.63) is 23.9 Å². The quantitative estimate of drug-likeness (QED) is 0.925. The summed E-state index contributed by atoms with van der Waals surface area (Å²) in [4.78, 5) is 6.04. The molecule has 0 amide bonds. The van der Waals surface area contributed by atoms with Crippen molar-refractivity contribution in [2.45, 2.75) is 32.0 Å². The van der Waals surface area contributed by atoms with Crippen molar-refractivity contribution in [3.8, 4) is 0 Å². The van der Waals surface area contributed by atoms with Gasteiger partial charge in [0, 0.05) is 25.3 Å². The lowest BCUT2D eigenvalue weighted by molar-refractivity contribution is -0.176. The Morgan fingerprint density at radius 2 is 2.15 bits per heavy atom. The molecule has 0 aliphatic carbocycles. The number of nitrogens with zero attached hydrogens (tertiary/aromatic N) is 2. The standard InChI is InChI=1S/C14H20F3N3/c1-10(18-2)11-5-6-13(19-8-11)20-7-3-4-12(9-20)14(15,16)17/h5-6,8,10,12,18H,3-4,7,9H2,1-2H3. The molecule has 2 unspecified atom stereocenters. The molecule has 2 atom stereocenters. The van der Waals surface area contributed by atoms with Crippen LogP contribution in [0, 0.1) is 5.92 Å². The smallest absolute Gasteiger partial charge is 0.356 e. The van der Waals surface area contributed by atoms with Gasteiger partial charge in [0.05, 0.1) is 5.92 Å². The van der Waals surface area contributed by atoms with E-state index in [4.69, 9.17) is 0 Å². The van der Waals surface area contributed by atoms with Crippen molar-refractivity contribution in [1.29, 1.82) is 0 Å². The van der Waals surface area contributed by atoms with Crippen LogP contribution in [0.1, 0.15) is 31.4 Å². The molecule has 0 saturated carbocycles. The van der Waals surface area contributed by atoms with Gasteiger partial charge in [-0.2, -0.15) is 13.2 Å². The molecule has 3 nitrogen and oxygen atoms in total. The first-order chi connectivity index (χ1) is 9.41. The van der Waals surface area contributed by atoms with Gasteiger partial charge in [0.1, 0.15) is 5.82 Å². The zero-order valence-electron chi connectivity index (χ0n) is 11.7. The lowest BCUT2D eigenvalue weighted by Gasteiger charge is -2.34. The molecule has 0 bridgehead atoms. The molecule has 6 heteroatoms. The monoisotopic (exact) mass is 287 g/mol. The van der Waals surface area contributed by atoms with Crippen LogP contribution in [-0.2, 0) is 0 Å². The maximum atomic E-state index is 12.8. The van der Waals surface area contributed by atoms with Crippen LogP contribution in [0.2, 0.25) is 0 Å². The summed E-state index contributed by atoms with van der Waals surface area (Å²) < 4.78 is 38.4. The minimum absolute atomic E-state index is 0.0113. The maximum absolute atomic E-state index is 12.8. The number of pyridine rings is 1. The van der Waals surface area contributed by atoms with Gasteiger partial charge in [0.15, 0.2) is 0 Å². The van der Waals surface area contributed by atoms with Crippen LogP contribution in [0.5, 0.6) is 0 Å². The Morgan fingerprint density at radius 3 is 2.70 bits per heavy atom. The summed E-state index contributed by atoms with van der Waals surface area (Å²) in [7, 11) is 1.86. The SMILES string of the molecule is CNC(C)c1ccc(N2CCCC(C(F)(F)F)C2)nc1.